The van der Waals surface area contributed by atoms with Crippen LogP contribution in [0.2, 0.25) is 0 Å². The lowest BCUT2D eigenvalue weighted by Gasteiger charge is -2.31. The van der Waals surface area contributed by atoms with E-state index in [2.05, 4.69) is 10.6 Å². The summed E-state index contributed by atoms with van der Waals surface area (Å²) in [7, 11) is -3.59. The van der Waals surface area contributed by atoms with Crippen molar-refractivity contribution in [1.82, 2.24) is 9.62 Å². The van der Waals surface area contributed by atoms with Gasteiger partial charge in [-0.25, -0.2) is 8.42 Å². The van der Waals surface area contributed by atoms with Crippen molar-refractivity contribution in [3.8, 4) is 0 Å². The molecule has 2 N–H and O–H groups in total. The minimum absolute atomic E-state index is 0.127. The third-order valence-corrected chi connectivity index (χ3v) is 8.00. The molecule has 0 saturated carbocycles. The molecule has 7 nitrogen and oxygen atoms in total. The summed E-state index contributed by atoms with van der Waals surface area (Å²) in [4.78, 5) is 25.5. The summed E-state index contributed by atoms with van der Waals surface area (Å²) in [6, 6.07) is 10.1. The molecule has 0 radical (unpaired) electrons. The van der Waals surface area contributed by atoms with E-state index in [0.717, 1.165) is 0 Å². The number of benzene rings is 1. The molecule has 1 aromatic heterocycles. The van der Waals surface area contributed by atoms with Crippen molar-refractivity contribution in [2.75, 3.05) is 18.4 Å². The Hall–Kier alpha value is -2.23. The highest BCUT2D eigenvalue weighted by Gasteiger charge is 2.34. The van der Waals surface area contributed by atoms with Crippen LogP contribution in [0.3, 0.4) is 0 Å². The number of carbonyl (C=O) groups is 2. The molecule has 2 amide bonds. The van der Waals surface area contributed by atoms with Gasteiger partial charge in [0.05, 0.1) is 17.2 Å². The van der Waals surface area contributed by atoms with Gasteiger partial charge in [-0.1, -0.05) is 18.2 Å². The number of rotatable bonds is 5. The number of nitrogens with zero attached hydrogens (tertiary/aromatic N) is 1. The number of amides is 2. The predicted molar refractivity (Wildman–Crippen MR) is 118 cm³/mol. The Morgan fingerprint density at radius 2 is 1.87 bits per heavy atom. The lowest BCUT2D eigenvalue weighted by atomic mass is 9.98. The summed E-state index contributed by atoms with van der Waals surface area (Å²) in [5, 5.41) is 7.45. The van der Waals surface area contributed by atoms with E-state index >= 15 is 0 Å². The SMILES string of the molecule is CC(C)(C)NC(=O)c1ccccc1NC(=O)[C@H]1CCCN(S(=O)(=O)c2cccs2)C1. The lowest BCUT2D eigenvalue weighted by molar-refractivity contribution is -0.120. The average molecular weight is 450 g/mol. The van der Waals surface area contributed by atoms with Crippen LogP contribution in [0.1, 0.15) is 44.0 Å². The van der Waals surface area contributed by atoms with Crippen molar-refractivity contribution in [2.45, 2.75) is 43.4 Å². The van der Waals surface area contributed by atoms with Crippen LogP contribution >= 0.6 is 11.3 Å². The van der Waals surface area contributed by atoms with E-state index in [1.807, 2.05) is 20.8 Å². The summed E-state index contributed by atoms with van der Waals surface area (Å²) in [6.07, 6.45) is 1.20. The van der Waals surface area contributed by atoms with Crippen molar-refractivity contribution in [2.24, 2.45) is 5.92 Å². The van der Waals surface area contributed by atoms with Crippen molar-refractivity contribution in [3.05, 3.63) is 47.3 Å². The number of piperidine rings is 1. The number of anilines is 1. The molecule has 2 aromatic rings. The number of hydrogen-bond donors (Lipinski definition) is 2. The van der Waals surface area contributed by atoms with E-state index in [9.17, 15) is 18.0 Å². The zero-order valence-corrected chi connectivity index (χ0v) is 19.0. The maximum Gasteiger partial charge on any atom is 0.253 e. The summed E-state index contributed by atoms with van der Waals surface area (Å²) in [5.74, 6) is -1.03. The van der Waals surface area contributed by atoms with Crippen molar-refractivity contribution >= 4 is 38.9 Å². The maximum absolute atomic E-state index is 12.9. The normalized spacial score (nSPS) is 18.0. The Morgan fingerprint density at radius 1 is 1.13 bits per heavy atom. The first-order valence-electron chi connectivity index (χ1n) is 9.84. The zero-order chi connectivity index (χ0) is 21.9. The van der Waals surface area contributed by atoms with Gasteiger partial charge in [0, 0.05) is 18.6 Å². The second kappa shape index (κ2) is 8.87. The van der Waals surface area contributed by atoms with Crippen LogP contribution in [0.25, 0.3) is 0 Å². The van der Waals surface area contributed by atoms with Crippen molar-refractivity contribution in [3.63, 3.8) is 0 Å². The quantitative estimate of drug-likeness (QED) is 0.732. The van der Waals surface area contributed by atoms with Gasteiger partial charge in [0.15, 0.2) is 0 Å². The first kappa shape index (κ1) is 22.5. The molecule has 0 spiro atoms. The standard InChI is InChI=1S/C21H27N3O4S2/c1-21(2,3)23-20(26)16-9-4-5-10-17(16)22-19(25)15-8-6-12-24(14-15)30(27,28)18-11-7-13-29-18/h4-5,7,9-11,13,15H,6,8,12,14H2,1-3H3,(H,22,25)(H,23,26)/t15-/m0/s1. The van der Waals surface area contributed by atoms with Gasteiger partial charge in [-0.2, -0.15) is 4.31 Å². The first-order chi connectivity index (χ1) is 14.1. The van der Waals surface area contributed by atoms with Crippen LogP contribution in [0.5, 0.6) is 0 Å². The fraction of sp³-hybridized carbons (Fsp3) is 0.429. The van der Waals surface area contributed by atoms with E-state index in [1.54, 1.807) is 41.8 Å². The number of nitrogens with one attached hydrogen (secondary N) is 2. The molecule has 162 valence electrons. The Bertz CT molecular complexity index is 1010. The van der Waals surface area contributed by atoms with E-state index in [1.165, 1.54) is 15.6 Å². The molecule has 0 aliphatic carbocycles. The topological polar surface area (TPSA) is 95.6 Å². The molecule has 2 heterocycles. The van der Waals surface area contributed by atoms with E-state index < -0.39 is 21.5 Å². The fourth-order valence-corrected chi connectivity index (χ4v) is 6.01. The number of carbonyl (C=O) groups excluding carboxylic acids is 2. The fourth-order valence-electron chi connectivity index (χ4n) is 3.35. The molecule has 0 unspecified atom stereocenters. The van der Waals surface area contributed by atoms with Crippen LogP contribution in [0.15, 0.2) is 46.0 Å². The van der Waals surface area contributed by atoms with Gasteiger partial charge in [0.2, 0.25) is 5.91 Å². The van der Waals surface area contributed by atoms with Gasteiger partial charge in [-0.3, -0.25) is 9.59 Å². The molecule has 30 heavy (non-hydrogen) atoms. The van der Waals surface area contributed by atoms with Crippen LogP contribution in [-0.2, 0) is 14.8 Å². The van der Waals surface area contributed by atoms with E-state index in [4.69, 9.17) is 0 Å². The lowest BCUT2D eigenvalue weighted by Crippen LogP contribution is -2.44. The van der Waals surface area contributed by atoms with Gasteiger partial charge >= 0.3 is 0 Å². The highest BCUT2D eigenvalue weighted by Crippen LogP contribution is 2.27. The molecular weight excluding hydrogens is 422 g/mol. The van der Waals surface area contributed by atoms with Gasteiger partial charge in [-0.15, -0.1) is 11.3 Å². The second-order valence-electron chi connectivity index (χ2n) is 8.37. The average Bonchev–Trinajstić information content (AvgIpc) is 3.23. The predicted octanol–water partition coefficient (Wildman–Crippen LogP) is 3.32. The molecule has 3 rings (SSSR count). The van der Waals surface area contributed by atoms with E-state index in [0.29, 0.717) is 30.6 Å². The highest BCUT2D eigenvalue weighted by atomic mass is 32.2. The zero-order valence-electron chi connectivity index (χ0n) is 17.3. The van der Waals surface area contributed by atoms with Crippen LogP contribution in [0, 0.1) is 5.92 Å². The third-order valence-electron chi connectivity index (χ3n) is 4.76. The maximum atomic E-state index is 12.9. The second-order valence-corrected chi connectivity index (χ2v) is 11.5. The molecular formula is C21H27N3O4S2. The number of para-hydroxylation sites is 1. The van der Waals surface area contributed by atoms with Gasteiger partial charge in [0.1, 0.15) is 4.21 Å². The Labute approximate surface area is 181 Å². The van der Waals surface area contributed by atoms with Crippen LogP contribution in [-0.4, -0.2) is 43.2 Å². The number of hydrogen-bond acceptors (Lipinski definition) is 5. The smallest absolute Gasteiger partial charge is 0.253 e. The number of sulfonamides is 1. The molecule has 1 fully saturated rings. The summed E-state index contributed by atoms with van der Waals surface area (Å²) in [5.41, 5.74) is 0.385. The largest absolute Gasteiger partial charge is 0.347 e. The Kier molecular flexibility index (Phi) is 6.64. The van der Waals surface area contributed by atoms with E-state index in [-0.39, 0.29) is 22.6 Å². The highest BCUT2D eigenvalue weighted by molar-refractivity contribution is 7.91. The molecule has 1 atom stereocenters. The van der Waals surface area contributed by atoms with Gasteiger partial charge in [-0.05, 0) is 57.2 Å². The summed E-state index contributed by atoms with van der Waals surface area (Å²) < 4.78 is 27.3. The minimum atomic E-state index is -3.59. The molecule has 1 saturated heterocycles. The Morgan fingerprint density at radius 3 is 2.53 bits per heavy atom. The van der Waals surface area contributed by atoms with Gasteiger partial charge < -0.3 is 10.6 Å². The van der Waals surface area contributed by atoms with Crippen molar-refractivity contribution < 1.29 is 18.0 Å². The molecule has 1 aromatic carbocycles. The number of thiophene rings is 1. The Balaban J connectivity index is 1.73. The molecule has 1 aliphatic rings. The molecule has 1 aliphatic heterocycles. The molecule has 9 heteroatoms. The first-order valence-corrected chi connectivity index (χ1v) is 12.2. The molecule has 0 bridgehead atoms. The van der Waals surface area contributed by atoms with Crippen LogP contribution < -0.4 is 10.6 Å². The summed E-state index contributed by atoms with van der Waals surface area (Å²) in [6.45, 7) is 6.18. The van der Waals surface area contributed by atoms with Crippen LogP contribution in [0.4, 0.5) is 5.69 Å². The van der Waals surface area contributed by atoms with Gasteiger partial charge in [0.25, 0.3) is 15.9 Å². The monoisotopic (exact) mass is 449 g/mol. The van der Waals surface area contributed by atoms with Crippen molar-refractivity contribution in [1.29, 1.82) is 0 Å². The summed E-state index contributed by atoms with van der Waals surface area (Å²) >= 11 is 1.17. The third kappa shape index (κ3) is 5.27. The minimum Gasteiger partial charge on any atom is -0.347 e.